The first-order chi connectivity index (χ1) is 16.8. The molecule has 35 heavy (non-hydrogen) atoms. The summed E-state index contributed by atoms with van der Waals surface area (Å²) in [5.41, 5.74) is 1.89. The van der Waals surface area contributed by atoms with Crippen LogP contribution in [0, 0.1) is 53.3 Å². The Morgan fingerprint density at radius 1 is 0.857 bits per heavy atom. The van der Waals surface area contributed by atoms with Gasteiger partial charge in [0.1, 0.15) is 0 Å². The van der Waals surface area contributed by atoms with E-state index in [9.17, 15) is 4.79 Å². The molecule has 0 aliphatic heterocycles. The van der Waals surface area contributed by atoms with E-state index in [4.69, 9.17) is 5.11 Å². The lowest BCUT2D eigenvalue weighted by molar-refractivity contribution is -0.140. The van der Waals surface area contributed by atoms with Crippen LogP contribution in [0.1, 0.15) is 141 Å². The van der Waals surface area contributed by atoms with Gasteiger partial charge >= 0.3 is 5.97 Å². The fourth-order valence-electron chi connectivity index (χ4n) is 7.72. The second kappa shape index (κ2) is 16.9. The number of hydrogen-bond donors (Lipinski definition) is 1. The zero-order valence-electron chi connectivity index (χ0n) is 25.1. The zero-order chi connectivity index (χ0) is 26.5. The molecule has 0 saturated heterocycles. The molecule has 208 valence electrons. The van der Waals surface area contributed by atoms with E-state index in [1.165, 1.54) is 51.4 Å². The monoisotopic (exact) mass is 492 g/mol. The van der Waals surface area contributed by atoms with Gasteiger partial charge in [0.05, 0.1) is 5.92 Å². The highest BCUT2D eigenvalue weighted by molar-refractivity contribution is 5.68. The van der Waals surface area contributed by atoms with Gasteiger partial charge < -0.3 is 5.11 Å². The van der Waals surface area contributed by atoms with Crippen LogP contribution in [0.5, 0.6) is 0 Å². The van der Waals surface area contributed by atoms with Gasteiger partial charge in [-0.3, -0.25) is 4.79 Å². The van der Waals surface area contributed by atoms with Crippen molar-refractivity contribution in [2.45, 2.75) is 139 Å². The van der Waals surface area contributed by atoms with E-state index in [0.717, 1.165) is 47.3 Å². The van der Waals surface area contributed by atoms with E-state index >= 15 is 0 Å². The molecule has 3 unspecified atom stereocenters. The lowest BCUT2D eigenvalue weighted by Gasteiger charge is -2.49. The highest BCUT2D eigenvalue weighted by atomic mass is 16.4. The van der Waals surface area contributed by atoms with Crippen molar-refractivity contribution in [2.24, 2.45) is 53.3 Å². The third-order valence-electron chi connectivity index (χ3n) is 9.41. The van der Waals surface area contributed by atoms with Crippen molar-refractivity contribution in [2.75, 3.05) is 0 Å². The molecule has 4 aliphatic rings. The predicted molar refractivity (Wildman–Crippen MR) is 156 cm³/mol. The van der Waals surface area contributed by atoms with Crippen LogP contribution in [-0.4, -0.2) is 11.1 Å². The van der Waals surface area contributed by atoms with Crippen LogP contribution in [0.4, 0.5) is 0 Å². The summed E-state index contributed by atoms with van der Waals surface area (Å²) in [6, 6.07) is 0. The van der Waals surface area contributed by atoms with Crippen LogP contribution in [0.25, 0.3) is 0 Å². The summed E-state index contributed by atoms with van der Waals surface area (Å²) in [6.45, 7) is 18.6. The molecule has 0 aromatic carbocycles. The standard InChI is InChI=1S/C25H42.C4H8O2.2C2H6.H2/c1-17(2)7-6-8-18(3)20-13-14-25-22(20)15-16-23-21-10-5-4-9-19(21)11-12-24(23)25;1-3(2)4(5)6;2*1-2;/h11,17-18,20-25H,4-10,12-16H2,1-3H3;3H,1-2H3,(H,5,6);2*1-2H3;1H/t18-,20-,21?,22?,23-,24?,25-;;;;/m1..../s1. The molecule has 0 radical (unpaired) electrons. The number of carbonyl (C=O) groups is 1. The van der Waals surface area contributed by atoms with Crippen molar-refractivity contribution >= 4 is 5.97 Å². The first kappa shape index (κ1) is 32.2. The average Bonchev–Trinajstić information content (AvgIpc) is 3.31. The third-order valence-corrected chi connectivity index (χ3v) is 9.41. The lowest BCUT2D eigenvalue weighted by Crippen LogP contribution is -2.41. The van der Waals surface area contributed by atoms with Gasteiger partial charge in [-0.05, 0) is 98.7 Å². The molecule has 0 bridgehead atoms. The summed E-state index contributed by atoms with van der Waals surface area (Å²) in [6.07, 6.45) is 20.8. The van der Waals surface area contributed by atoms with Crippen LogP contribution in [0.2, 0.25) is 0 Å². The Morgan fingerprint density at radius 3 is 2.06 bits per heavy atom. The molecule has 3 saturated carbocycles. The number of allylic oxidation sites excluding steroid dienone is 2. The topological polar surface area (TPSA) is 37.3 Å². The normalized spacial score (nSPS) is 31.7. The molecular weight excluding hydrogens is 428 g/mol. The molecule has 2 heteroatoms. The fourth-order valence-corrected chi connectivity index (χ4v) is 7.72. The summed E-state index contributed by atoms with van der Waals surface area (Å²) in [7, 11) is 0. The molecule has 0 amide bonds. The van der Waals surface area contributed by atoms with Crippen LogP contribution < -0.4 is 0 Å². The number of carboxylic acids is 1. The van der Waals surface area contributed by atoms with Crippen molar-refractivity contribution in [1.82, 2.24) is 0 Å². The Labute approximate surface area is 221 Å². The Morgan fingerprint density at radius 2 is 1.46 bits per heavy atom. The molecule has 7 atom stereocenters. The number of fused-ring (bicyclic) bond motifs is 5. The smallest absolute Gasteiger partial charge is 0.305 e. The molecule has 1 N–H and O–H groups in total. The summed E-state index contributed by atoms with van der Waals surface area (Å²) in [4.78, 5) is 9.70. The van der Waals surface area contributed by atoms with E-state index < -0.39 is 5.97 Å². The van der Waals surface area contributed by atoms with Gasteiger partial charge in [0.2, 0.25) is 0 Å². The van der Waals surface area contributed by atoms with Crippen molar-refractivity contribution < 1.29 is 11.3 Å². The largest absolute Gasteiger partial charge is 0.481 e. The van der Waals surface area contributed by atoms with Gasteiger partial charge in [-0.2, -0.15) is 0 Å². The molecule has 0 spiro atoms. The van der Waals surface area contributed by atoms with Crippen molar-refractivity contribution in [3.05, 3.63) is 11.6 Å². The SMILES string of the molecule is CC.CC.CC(C)C(=O)O.CC(C)CCC[C@@H](C)[C@H]1CC[C@H]2C3CC=C4CCCCC4[C@H]3CCC21.[HH]. The number of rotatable bonds is 6. The van der Waals surface area contributed by atoms with Crippen LogP contribution >= 0.6 is 0 Å². The van der Waals surface area contributed by atoms with Gasteiger partial charge in [-0.1, -0.05) is 99.6 Å². The molecule has 0 heterocycles. The minimum Gasteiger partial charge on any atom is -0.481 e. The Bertz CT molecular complexity index is 611. The first-order valence-corrected chi connectivity index (χ1v) is 15.7. The van der Waals surface area contributed by atoms with E-state index in [-0.39, 0.29) is 7.34 Å². The molecule has 4 aliphatic carbocycles. The molecule has 0 aromatic rings. The van der Waals surface area contributed by atoms with E-state index in [0.29, 0.717) is 0 Å². The van der Waals surface area contributed by atoms with E-state index in [1.807, 2.05) is 33.3 Å². The van der Waals surface area contributed by atoms with Gasteiger partial charge in [-0.15, -0.1) is 0 Å². The van der Waals surface area contributed by atoms with Crippen LogP contribution in [-0.2, 0) is 4.79 Å². The van der Waals surface area contributed by atoms with E-state index in [2.05, 4.69) is 26.8 Å². The summed E-state index contributed by atoms with van der Waals surface area (Å²) < 4.78 is 0. The van der Waals surface area contributed by atoms with Gasteiger partial charge in [-0.25, -0.2) is 0 Å². The van der Waals surface area contributed by atoms with E-state index in [1.54, 1.807) is 39.5 Å². The van der Waals surface area contributed by atoms with Gasteiger partial charge in [0, 0.05) is 1.43 Å². The molecule has 3 fully saturated rings. The highest BCUT2D eigenvalue weighted by Crippen LogP contribution is 2.59. The highest BCUT2D eigenvalue weighted by Gasteiger charge is 2.50. The second-order valence-electron chi connectivity index (χ2n) is 12.1. The van der Waals surface area contributed by atoms with Crippen LogP contribution in [0.3, 0.4) is 0 Å². The van der Waals surface area contributed by atoms with Gasteiger partial charge in [0.15, 0.2) is 0 Å². The second-order valence-corrected chi connectivity index (χ2v) is 12.1. The zero-order valence-corrected chi connectivity index (χ0v) is 25.1. The molecule has 0 aromatic heterocycles. The molecule has 4 rings (SSSR count). The number of hydrogen-bond acceptors (Lipinski definition) is 1. The summed E-state index contributed by atoms with van der Waals surface area (Å²) in [5.74, 6) is 7.30. The summed E-state index contributed by atoms with van der Waals surface area (Å²) in [5, 5.41) is 7.99. The molecule has 2 nitrogen and oxygen atoms in total. The predicted octanol–water partition coefficient (Wildman–Crippen LogP) is 10.7. The maximum absolute atomic E-state index is 9.70. The Kier molecular flexibility index (Phi) is 15.5. The Balaban J connectivity index is 0.000000970. The van der Waals surface area contributed by atoms with Crippen molar-refractivity contribution in [3.63, 3.8) is 0 Å². The first-order valence-electron chi connectivity index (χ1n) is 15.7. The lowest BCUT2D eigenvalue weighted by atomic mass is 9.56. The fraction of sp³-hybridized carbons (Fsp3) is 0.909. The van der Waals surface area contributed by atoms with Gasteiger partial charge in [0.25, 0.3) is 0 Å². The summed E-state index contributed by atoms with van der Waals surface area (Å²) >= 11 is 0. The number of aliphatic carboxylic acids is 1. The maximum atomic E-state index is 9.70. The van der Waals surface area contributed by atoms with Crippen molar-refractivity contribution in [3.8, 4) is 0 Å². The number of carboxylic acid groups (broad SMARTS) is 1. The average molecular weight is 493 g/mol. The quantitative estimate of drug-likeness (QED) is 0.374. The minimum absolute atomic E-state index is 0. The minimum atomic E-state index is -0.741. The van der Waals surface area contributed by atoms with Crippen molar-refractivity contribution in [1.29, 1.82) is 0 Å². The third kappa shape index (κ3) is 9.23. The Hall–Kier alpha value is -0.790. The molecular formula is C33H64O2. The maximum Gasteiger partial charge on any atom is 0.305 e. The van der Waals surface area contributed by atoms with Crippen LogP contribution in [0.15, 0.2) is 11.6 Å².